The van der Waals surface area contributed by atoms with Gasteiger partial charge in [0.15, 0.2) is 0 Å². The zero-order valence-corrected chi connectivity index (χ0v) is 13.4. The van der Waals surface area contributed by atoms with Crippen molar-refractivity contribution in [3.8, 4) is 11.5 Å². The number of rotatable bonds is 5. The van der Waals surface area contributed by atoms with Crippen LogP contribution < -0.4 is 14.8 Å². The number of benzene rings is 2. The van der Waals surface area contributed by atoms with E-state index in [1.165, 1.54) is 0 Å². The number of hydrogen-bond acceptors (Lipinski definition) is 3. The van der Waals surface area contributed by atoms with Gasteiger partial charge in [-0.3, -0.25) is 0 Å². The molecule has 0 aliphatic carbocycles. The molecule has 0 saturated heterocycles. The highest BCUT2D eigenvalue weighted by Gasteiger charge is 2.11. The highest BCUT2D eigenvalue weighted by molar-refractivity contribution is 9.10. The summed E-state index contributed by atoms with van der Waals surface area (Å²) >= 11 is 3.49. The van der Waals surface area contributed by atoms with Crippen molar-refractivity contribution >= 4 is 21.6 Å². The van der Waals surface area contributed by atoms with Crippen molar-refractivity contribution < 1.29 is 9.47 Å². The lowest BCUT2D eigenvalue weighted by Gasteiger charge is -2.19. The van der Waals surface area contributed by atoms with Gasteiger partial charge in [0.05, 0.1) is 24.7 Å². The van der Waals surface area contributed by atoms with E-state index in [1.807, 2.05) is 36.4 Å². The topological polar surface area (TPSA) is 30.5 Å². The molecule has 4 heteroatoms. The molecule has 0 saturated carbocycles. The minimum atomic E-state index is 0.145. The summed E-state index contributed by atoms with van der Waals surface area (Å²) in [7, 11) is 3.35. The van der Waals surface area contributed by atoms with Gasteiger partial charge in [-0.2, -0.15) is 0 Å². The summed E-state index contributed by atoms with van der Waals surface area (Å²) in [5, 5.41) is 3.46. The van der Waals surface area contributed by atoms with Gasteiger partial charge in [0.1, 0.15) is 11.5 Å². The van der Waals surface area contributed by atoms with Gasteiger partial charge in [0, 0.05) is 11.3 Å². The molecule has 106 valence electrons. The van der Waals surface area contributed by atoms with Crippen LogP contribution in [0.2, 0.25) is 0 Å². The average molecular weight is 336 g/mol. The Balaban J connectivity index is 2.19. The van der Waals surface area contributed by atoms with Crippen LogP contribution in [-0.2, 0) is 0 Å². The summed E-state index contributed by atoms with van der Waals surface area (Å²) in [6.45, 7) is 2.11. The molecule has 3 nitrogen and oxygen atoms in total. The molecule has 0 spiro atoms. The van der Waals surface area contributed by atoms with Crippen molar-refractivity contribution in [3.05, 3.63) is 52.5 Å². The van der Waals surface area contributed by atoms with Crippen LogP contribution in [0.5, 0.6) is 11.5 Å². The molecule has 1 N–H and O–H groups in total. The molecule has 0 bridgehead atoms. The van der Waals surface area contributed by atoms with Gasteiger partial charge in [-0.15, -0.1) is 0 Å². The first-order valence-electron chi connectivity index (χ1n) is 6.38. The second-order valence-electron chi connectivity index (χ2n) is 4.46. The highest BCUT2D eigenvalue weighted by Crippen LogP contribution is 2.31. The second kappa shape index (κ2) is 6.66. The van der Waals surface area contributed by atoms with E-state index in [2.05, 4.69) is 34.2 Å². The standard InChI is InChI=1S/C16H18BrNO2/c1-11(13-6-4-5-7-15(13)19-2)18-12-8-9-16(20-3)14(17)10-12/h4-11,18H,1-3H3. The Bertz CT molecular complexity index is 586. The maximum atomic E-state index is 5.40. The summed E-state index contributed by atoms with van der Waals surface area (Å²) in [5.41, 5.74) is 2.15. The maximum Gasteiger partial charge on any atom is 0.133 e. The third-order valence-corrected chi connectivity index (χ3v) is 3.76. The third kappa shape index (κ3) is 3.25. The molecule has 0 amide bonds. The van der Waals surface area contributed by atoms with E-state index in [9.17, 15) is 0 Å². The van der Waals surface area contributed by atoms with Crippen LogP contribution in [0.25, 0.3) is 0 Å². The van der Waals surface area contributed by atoms with Gasteiger partial charge >= 0.3 is 0 Å². The quantitative estimate of drug-likeness (QED) is 0.863. The zero-order chi connectivity index (χ0) is 14.5. The number of para-hydroxylation sites is 1. The number of nitrogens with one attached hydrogen (secondary N) is 1. The SMILES string of the molecule is COc1ccc(NC(C)c2ccccc2OC)cc1Br. The van der Waals surface area contributed by atoms with Crippen LogP contribution in [-0.4, -0.2) is 14.2 Å². The summed E-state index contributed by atoms with van der Waals surface area (Å²) in [6, 6.07) is 14.1. The van der Waals surface area contributed by atoms with Gasteiger partial charge < -0.3 is 14.8 Å². The van der Waals surface area contributed by atoms with Crippen molar-refractivity contribution in [2.45, 2.75) is 13.0 Å². The maximum absolute atomic E-state index is 5.40. The van der Waals surface area contributed by atoms with Gasteiger partial charge in [-0.25, -0.2) is 0 Å². The summed E-state index contributed by atoms with van der Waals surface area (Å²) in [5.74, 6) is 1.71. The van der Waals surface area contributed by atoms with Crippen LogP contribution in [0.1, 0.15) is 18.5 Å². The predicted molar refractivity (Wildman–Crippen MR) is 85.7 cm³/mol. The fourth-order valence-electron chi connectivity index (χ4n) is 2.11. The molecule has 0 radical (unpaired) electrons. The Morgan fingerprint density at radius 3 is 2.35 bits per heavy atom. The minimum absolute atomic E-state index is 0.145. The van der Waals surface area contributed by atoms with E-state index in [0.29, 0.717) is 0 Å². The molecule has 0 fully saturated rings. The molecule has 0 aliphatic heterocycles. The molecule has 2 aromatic rings. The first-order valence-corrected chi connectivity index (χ1v) is 7.18. The van der Waals surface area contributed by atoms with Crippen molar-refractivity contribution in [3.63, 3.8) is 0 Å². The van der Waals surface area contributed by atoms with Crippen LogP contribution in [0, 0.1) is 0 Å². The lowest BCUT2D eigenvalue weighted by molar-refractivity contribution is 0.408. The van der Waals surface area contributed by atoms with Crippen LogP contribution >= 0.6 is 15.9 Å². The van der Waals surface area contributed by atoms with Gasteiger partial charge in [-0.05, 0) is 47.1 Å². The van der Waals surface area contributed by atoms with E-state index < -0.39 is 0 Å². The number of anilines is 1. The molecule has 2 aromatic carbocycles. The minimum Gasteiger partial charge on any atom is -0.496 e. The predicted octanol–water partition coefficient (Wildman–Crippen LogP) is 4.64. The fourth-order valence-corrected chi connectivity index (χ4v) is 2.65. The van der Waals surface area contributed by atoms with Crippen LogP contribution in [0.15, 0.2) is 46.9 Å². The Morgan fingerprint density at radius 1 is 1.00 bits per heavy atom. The summed E-state index contributed by atoms with van der Waals surface area (Å²) in [4.78, 5) is 0. The lowest BCUT2D eigenvalue weighted by Crippen LogP contribution is -2.08. The molecule has 0 aliphatic rings. The summed E-state index contributed by atoms with van der Waals surface area (Å²) in [6.07, 6.45) is 0. The van der Waals surface area contributed by atoms with E-state index in [4.69, 9.17) is 9.47 Å². The zero-order valence-electron chi connectivity index (χ0n) is 11.8. The lowest BCUT2D eigenvalue weighted by atomic mass is 10.1. The van der Waals surface area contributed by atoms with E-state index >= 15 is 0 Å². The normalized spacial score (nSPS) is 11.8. The Labute approximate surface area is 128 Å². The van der Waals surface area contributed by atoms with Crippen molar-refractivity contribution in [1.29, 1.82) is 0 Å². The Kier molecular flexibility index (Phi) is 4.90. The molecule has 2 rings (SSSR count). The smallest absolute Gasteiger partial charge is 0.133 e. The monoisotopic (exact) mass is 335 g/mol. The summed E-state index contributed by atoms with van der Waals surface area (Å²) < 4.78 is 11.6. The van der Waals surface area contributed by atoms with Gasteiger partial charge in [0.25, 0.3) is 0 Å². The fraction of sp³-hybridized carbons (Fsp3) is 0.250. The van der Waals surface area contributed by atoms with E-state index in [-0.39, 0.29) is 6.04 Å². The van der Waals surface area contributed by atoms with Crippen LogP contribution in [0.3, 0.4) is 0 Å². The number of hydrogen-bond donors (Lipinski definition) is 1. The molecule has 20 heavy (non-hydrogen) atoms. The van der Waals surface area contributed by atoms with Gasteiger partial charge in [0.2, 0.25) is 0 Å². The highest BCUT2D eigenvalue weighted by atomic mass is 79.9. The largest absolute Gasteiger partial charge is 0.496 e. The Morgan fingerprint density at radius 2 is 1.70 bits per heavy atom. The van der Waals surface area contributed by atoms with Gasteiger partial charge in [-0.1, -0.05) is 18.2 Å². The third-order valence-electron chi connectivity index (χ3n) is 3.14. The Hall–Kier alpha value is -1.68. The average Bonchev–Trinajstić information content (AvgIpc) is 2.47. The van der Waals surface area contributed by atoms with E-state index in [1.54, 1.807) is 14.2 Å². The molecule has 0 heterocycles. The van der Waals surface area contributed by atoms with Crippen molar-refractivity contribution in [2.75, 3.05) is 19.5 Å². The van der Waals surface area contributed by atoms with Crippen molar-refractivity contribution in [1.82, 2.24) is 0 Å². The molecule has 0 aromatic heterocycles. The first kappa shape index (κ1) is 14.7. The number of halogens is 1. The molecule has 1 unspecified atom stereocenters. The van der Waals surface area contributed by atoms with Crippen molar-refractivity contribution in [2.24, 2.45) is 0 Å². The second-order valence-corrected chi connectivity index (χ2v) is 5.31. The first-order chi connectivity index (χ1) is 9.65. The number of methoxy groups -OCH3 is 2. The molecule has 1 atom stereocenters. The number of ether oxygens (including phenoxy) is 2. The van der Waals surface area contributed by atoms with Crippen LogP contribution in [0.4, 0.5) is 5.69 Å². The molecular weight excluding hydrogens is 318 g/mol. The van der Waals surface area contributed by atoms with E-state index in [0.717, 1.165) is 27.2 Å². The molecular formula is C16H18BrNO2.